The summed E-state index contributed by atoms with van der Waals surface area (Å²) in [6.45, 7) is 9.95. The minimum atomic E-state index is -0.410. The van der Waals surface area contributed by atoms with E-state index in [1.54, 1.807) is 10.7 Å². The van der Waals surface area contributed by atoms with Crippen molar-refractivity contribution < 1.29 is 14.3 Å². The van der Waals surface area contributed by atoms with Crippen LogP contribution in [0.2, 0.25) is 0 Å². The Balaban J connectivity index is 1.59. The van der Waals surface area contributed by atoms with E-state index in [2.05, 4.69) is 28.8 Å². The average Bonchev–Trinajstić information content (AvgIpc) is 2.95. The molecule has 1 saturated heterocycles. The van der Waals surface area contributed by atoms with Gasteiger partial charge in [-0.1, -0.05) is 13.8 Å². The van der Waals surface area contributed by atoms with Crippen LogP contribution >= 0.6 is 0 Å². The molecule has 0 aliphatic carbocycles. The molecule has 0 saturated carbocycles. The molecule has 0 N–H and O–H groups in total. The molecule has 0 aromatic carbocycles. The number of hydrogen-bond acceptors (Lipinski definition) is 6. The van der Waals surface area contributed by atoms with Crippen LogP contribution in [-0.4, -0.2) is 64.4 Å². The number of carbonyl (C=O) groups excluding carboxylic acids is 1. The van der Waals surface area contributed by atoms with Crippen molar-refractivity contribution in [2.75, 3.05) is 32.8 Å². The van der Waals surface area contributed by atoms with E-state index in [4.69, 9.17) is 9.47 Å². The summed E-state index contributed by atoms with van der Waals surface area (Å²) in [5.74, 6) is 0.201. The van der Waals surface area contributed by atoms with Crippen LogP contribution in [0.3, 0.4) is 0 Å². The van der Waals surface area contributed by atoms with E-state index >= 15 is 0 Å². The Hall–Kier alpha value is -1.99. The number of ether oxygens (including phenoxy) is 2. The predicted molar refractivity (Wildman–Crippen MR) is 89.0 cm³/mol. The molecule has 2 aromatic rings. The largest absolute Gasteiger partial charge is 0.459 e. The van der Waals surface area contributed by atoms with E-state index in [9.17, 15) is 4.79 Å². The molecule has 24 heavy (non-hydrogen) atoms. The lowest BCUT2D eigenvalue weighted by atomic mass is 10.2. The van der Waals surface area contributed by atoms with Crippen LogP contribution in [0.5, 0.6) is 0 Å². The third-order valence-electron chi connectivity index (χ3n) is 3.97. The van der Waals surface area contributed by atoms with E-state index in [0.717, 1.165) is 25.3 Å². The first-order chi connectivity index (χ1) is 11.5. The second-order valence-electron chi connectivity index (χ2n) is 6.64. The smallest absolute Gasteiger partial charge is 0.343 e. The zero-order valence-electron chi connectivity index (χ0n) is 14.4. The molecule has 3 heterocycles. The lowest BCUT2D eigenvalue weighted by Crippen LogP contribution is -2.45. The summed E-state index contributed by atoms with van der Waals surface area (Å²) in [7, 11) is 0. The number of hydrogen-bond donors (Lipinski definition) is 0. The number of carbonyl (C=O) groups is 1. The average molecular weight is 332 g/mol. The molecule has 1 aliphatic heterocycles. The highest BCUT2D eigenvalue weighted by Crippen LogP contribution is 2.12. The van der Waals surface area contributed by atoms with Crippen molar-refractivity contribution in [3.05, 3.63) is 29.7 Å². The minimum Gasteiger partial charge on any atom is -0.459 e. The zero-order chi connectivity index (χ0) is 17.1. The van der Waals surface area contributed by atoms with Crippen molar-refractivity contribution in [2.45, 2.75) is 26.9 Å². The summed E-state index contributed by atoms with van der Waals surface area (Å²) in [6, 6.07) is 1.84. The summed E-state index contributed by atoms with van der Waals surface area (Å²) in [5, 5.41) is 4.13. The van der Waals surface area contributed by atoms with Crippen LogP contribution in [0, 0.1) is 12.8 Å². The normalized spacial score (nSPS) is 19.1. The van der Waals surface area contributed by atoms with Gasteiger partial charge in [0.1, 0.15) is 18.3 Å². The number of fused-ring (bicyclic) bond motifs is 1. The van der Waals surface area contributed by atoms with Crippen molar-refractivity contribution >= 4 is 11.6 Å². The monoisotopic (exact) mass is 332 g/mol. The van der Waals surface area contributed by atoms with Gasteiger partial charge in [0, 0.05) is 31.5 Å². The maximum absolute atomic E-state index is 12.3. The molecule has 1 aliphatic rings. The van der Waals surface area contributed by atoms with Crippen molar-refractivity contribution in [3.8, 4) is 0 Å². The second-order valence-corrected chi connectivity index (χ2v) is 6.64. The van der Waals surface area contributed by atoms with Gasteiger partial charge in [-0.3, -0.25) is 4.90 Å². The molecule has 7 nitrogen and oxygen atoms in total. The molecule has 2 aromatic heterocycles. The number of esters is 1. The van der Waals surface area contributed by atoms with Crippen molar-refractivity contribution in [2.24, 2.45) is 5.92 Å². The number of rotatable bonds is 5. The van der Waals surface area contributed by atoms with Crippen LogP contribution in [0.4, 0.5) is 0 Å². The van der Waals surface area contributed by atoms with Gasteiger partial charge in [0.25, 0.3) is 0 Å². The molecule has 1 atom stereocenters. The number of aryl methyl sites for hydroxylation is 1. The third kappa shape index (κ3) is 3.91. The fourth-order valence-corrected chi connectivity index (χ4v) is 2.91. The number of morpholine rings is 1. The summed E-state index contributed by atoms with van der Waals surface area (Å²) in [6.07, 6.45) is 3.19. The minimum absolute atomic E-state index is 0.0852. The fourth-order valence-electron chi connectivity index (χ4n) is 2.91. The molecular formula is C17H24N4O3. The van der Waals surface area contributed by atoms with Gasteiger partial charge in [-0.2, -0.15) is 5.10 Å². The third-order valence-corrected chi connectivity index (χ3v) is 3.97. The van der Waals surface area contributed by atoms with Crippen LogP contribution in [0.1, 0.15) is 29.9 Å². The zero-order valence-corrected chi connectivity index (χ0v) is 14.4. The van der Waals surface area contributed by atoms with Gasteiger partial charge in [0.15, 0.2) is 5.65 Å². The van der Waals surface area contributed by atoms with Gasteiger partial charge in [0.05, 0.1) is 12.8 Å². The van der Waals surface area contributed by atoms with Gasteiger partial charge >= 0.3 is 5.97 Å². The van der Waals surface area contributed by atoms with Gasteiger partial charge in [0.2, 0.25) is 0 Å². The summed E-state index contributed by atoms with van der Waals surface area (Å²) in [4.78, 5) is 19.1. The van der Waals surface area contributed by atoms with Crippen molar-refractivity contribution in [3.63, 3.8) is 0 Å². The maximum Gasteiger partial charge on any atom is 0.343 e. The van der Waals surface area contributed by atoms with E-state index < -0.39 is 5.97 Å². The van der Waals surface area contributed by atoms with Crippen molar-refractivity contribution in [1.29, 1.82) is 0 Å². The second kappa shape index (κ2) is 7.27. The van der Waals surface area contributed by atoms with E-state index in [1.165, 1.54) is 6.20 Å². The molecular weight excluding hydrogens is 308 g/mol. The Morgan fingerprint density at radius 1 is 1.50 bits per heavy atom. The molecule has 3 rings (SSSR count). The highest BCUT2D eigenvalue weighted by molar-refractivity contribution is 5.95. The molecule has 7 heteroatoms. The Kier molecular flexibility index (Phi) is 5.11. The van der Waals surface area contributed by atoms with Gasteiger partial charge in [-0.15, -0.1) is 0 Å². The first-order valence-electron chi connectivity index (χ1n) is 8.35. The van der Waals surface area contributed by atoms with Crippen LogP contribution in [0.15, 0.2) is 18.5 Å². The number of nitrogens with zero attached hydrogens (tertiary/aromatic N) is 4. The van der Waals surface area contributed by atoms with Gasteiger partial charge < -0.3 is 9.47 Å². The maximum atomic E-state index is 12.3. The van der Waals surface area contributed by atoms with Crippen molar-refractivity contribution in [1.82, 2.24) is 19.5 Å². The van der Waals surface area contributed by atoms with Crippen LogP contribution in [0.25, 0.3) is 5.65 Å². The molecule has 130 valence electrons. The van der Waals surface area contributed by atoms with Crippen LogP contribution in [-0.2, 0) is 9.47 Å². The molecule has 0 amide bonds. The van der Waals surface area contributed by atoms with E-state index in [-0.39, 0.29) is 12.7 Å². The van der Waals surface area contributed by atoms with Gasteiger partial charge in [-0.25, -0.2) is 14.3 Å². The fraction of sp³-hybridized carbons (Fsp3) is 0.588. The molecule has 0 spiro atoms. The first kappa shape index (κ1) is 16.9. The first-order valence-corrected chi connectivity index (χ1v) is 8.35. The number of aromatic nitrogens is 3. The summed E-state index contributed by atoms with van der Waals surface area (Å²) < 4.78 is 12.7. The highest BCUT2D eigenvalue weighted by atomic mass is 16.6. The Labute approximate surface area is 141 Å². The Morgan fingerprint density at radius 2 is 2.33 bits per heavy atom. The quantitative estimate of drug-likeness (QED) is 0.774. The molecule has 0 unspecified atom stereocenters. The predicted octanol–water partition coefficient (Wildman–Crippen LogP) is 1.55. The summed E-state index contributed by atoms with van der Waals surface area (Å²) in [5.41, 5.74) is 1.73. The SMILES string of the molecule is Cc1ccn2ncc(C(=O)OC[C@H]3CN(CC(C)C)CCO3)c2n1. The van der Waals surface area contributed by atoms with E-state index in [1.807, 2.05) is 13.0 Å². The summed E-state index contributed by atoms with van der Waals surface area (Å²) >= 11 is 0. The van der Waals surface area contributed by atoms with Crippen LogP contribution < -0.4 is 0 Å². The lowest BCUT2D eigenvalue weighted by molar-refractivity contribution is -0.0612. The van der Waals surface area contributed by atoms with Gasteiger partial charge in [-0.05, 0) is 18.9 Å². The topological polar surface area (TPSA) is 69.0 Å². The Morgan fingerprint density at radius 3 is 3.12 bits per heavy atom. The molecule has 1 fully saturated rings. The van der Waals surface area contributed by atoms with E-state index in [0.29, 0.717) is 23.7 Å². The Bertz CT molecular complexity index is 713. The molecule has 0 radical (unpaired) electrons. The lowest BCUT2D eigenvalue weighted by Gasteiger charge is -2.33. The molecule has 0 bridgehead atoms. The standard InChI is InChI=1S/C17H24N4O3/c1-12(2)9-20-6-7-23-14(10-20)11-24-17(22)15-8-18-21-5-4-13(3)19-16(15)21/h4-5,8,12,14H,6-7,9-11H2,1-3H3/t14-/m1/s1. The highest BCUT2D eigenvalue weighted by Gasteiger charge is 2.23.